The van der Waals surface area contributed by atoms with E-state index in [-0.39, 0.29) is 0 Å². The number of nitrogens with one attached hydrogen (secondary N) is 2. The lowest BCUT2D eigenvalue weighted by Crippen LogP contribution is -2.20. The fraction of sp³-hybridized carbons (Fsp3) is 1.00. The van der Waals surface area contributed by atoms with Crippen molar-refractivity contribution >= 4 is 30.8 Å². The third kappa shape index (κ3) is 10.2. The Morgan fingerprint density at radius 3 is 1.71 bits per heavy atom. The molecule has 0 aromatic carbocycles. The second-order valence-corrected chi connectivity index (χ2v) is 4.01. The molecule has 2 unspecified atom stereocenters. The highest BCUT2D eigenvalue weighted by Crippen LogP contribution is 2.21. The molecule has 0 saturated heterocycles. The fourth-order valence-electron chi connectivity index (χ4n) is 0.292. The van der Waals surface area contributed by atoms with Crippen molar-refractivity contribution in [2.24, 2.45) is 0 Å². The molecule has 84 valence electrons. The molecule has 0 saturated carbocycles. The molecular formula is C2H6N2O7PS2-. The van der Waals surface area contributed by atoms with E-state index in [0.717, 1.165) is 0 Å². The van der Waals surface area contributed by atoms with Gasteiger partial charge in [-0.3, -0.25) is 8.42 Å². The lowest BCUT2D eigenvalue weighted by Gasteiger charge is -2.02. The van der Waals surface area contributed by atoms with Crippen LogP contribution in [0.5, 0.6) is 0 Å². The van der Waals surface area contributed by atoms with E-state index >= 15 is 0 Å². The molecule has 0 spiro atoms. The van der Waals surface area contributed by atoms with Crippen molar-refractivity contribution in [3.05, 3.63) is 0 Å². The number of rotatable bonds is 8. The maximum absolute atomic E-state index is 10.6. The maximum atomic E-state index is 10.6. The van der Waals surface area contributed by atoms with E-state index in [4.69, 9.17) is 0 Å². The first-order valence-corrected chi connectivity index (χ1v) is 6.15. The van der Waals surface area contributed by atoms with Crippen molar-refractivity contribution in [1.29, 1.82) is 0 Å². The molecule has 14 heavy (non-hydrogen) atoms. The molecule has 0 aromatic heterocycles. The highest BCUT2D eigenvalue weighted by atomic mass is 32.2. The lowest BCUT2D eigenvalue weighted by atomic mass is 11.4. The molecule has 0 aromatic rings. The zero-order valence-corrected chi connectivity index (χ0v) is 9.06. The van der Waals surface area contributed by atoms with E-state index in [9.17, 15) is 22.1 Å². The van der Waals surface area contributed by atoms with Gasteiger partial charge in [0.15, 0.2) is 13.5 Å². The zero-order valence-electron chi connectivity index (χ0n) is 6.54. The molecular weight excluding hydrogens is 259 g/mol. The van der Waals surface area contributed by atoms with Crippen LogP contribution in [0, 0.1) is 0 Å². The molecule has 0 aliphatic carbocycles. The summed E-state index contributed by atoms with van der Waals surface area (Å²) < 4.78 is 62.2. The van der Waals surface area contributed by atoms with Crippen LogP contribution in [-0.2, 0) is 36.1 Å². The van der Waals surface area contributed by atoms with E-state index in [2.05, 4.69) is 9.05 Å². The second-order valence-electron chi connectivity index (χ2n) is 1.53. The Balaban J connectivity index is 3.37. The summed E-state index contributed by atoms with van der Waals surface area (Å²) in [6.07, 6.45) is 0. The summed E-state index contributed by atoms with van der Waals surface area (Å²) in [4.78, 5) is 0. The van der Waals surface area contributed by atoms with Gasteiger partial charge in [-0.15, -0.1) is 9.05 Å². The van der Waals surface area contributed by atoms with Crippen LogP contribution in [0.2, 0.25) is 0 Å². The number of hydrogen-bond acceptors (Lipinski definition) is 7. The van der Waals surface area contributed by atoms with Crippen molar-refractivity contribution < 1.29 is 31.1 Å². The van der Waals surface area contributed by atoms with Crippen LogP contribution in [0.15, 0.2) is 0 Å². The van der Waals surface area contributed by atoms with E-state index < -0.39 is 44.2 Å². The molecule has 0 rings (SSSR count). The molecule has 0 aliphatic heterocycles. The highest BCUT2D eigenvalue weighted by Gasteiger charge is 2.19. The molecule has 12 heteroatoms. The van der Waals surface area contributed by atoms with E-state index in [1.165, 1.54) is 0 Å². The molecule has 2 N–H and O–H groups in total. The van der Waals surface area contributed by atoms with E-state index in [1.54, 1.807) is 9.44 Å². The van der Waals surface area contributed by atoms with Crippen LogP contribution < -0.4 is 9.44 Å². The van der Waals surface area contributed by atoms with Gasteiger partial charge in [0, 0.05) is 27.1 Å². The topological polar surface area (TPSA) is 140 Å². The average Bonchev–Trinajstić information content (AvgIpc) is 2.02. The van der Waals surface area contributed by atoms with Gasteiger partial charge in [0.1, 0.15) is 0 Å². The summed E-state index contributed by atoms with van der Waals surface area (Å²) in [5.74, 6) is 0. The van der Waals surface area contributed by atoms with Gasteiger partial charge in [-0.05, 0) is 0 Å². The molecule has 0 radical (unpaired) electrons. The predicted molar refractivity (Wildman–Crippen MR) is 43.6 cm³/mol. The quantitative estimate of drug-likeness (QED) is 0.304. The second kappa shape index (κ2) is 8.47. The Bertz CT molecular complexity index is 214. The summed E-state index contributed by atoms with van der Waals surface area (Å²) in [6, 6.07) is 0. The first-order chi connectivity index (χ1) is 6.52. The third-order valence-electron chi connectivity index (χ3n) is 0.693. The van der Waals surface area contributed by atoms with Gasteiger partial charge in [0.2, 0.25) is 0 Å². The smallest absolute Gasteiger partial charge is 0.700 e. The van der Waals surface area contributed by atoms with Gasteiger partial charge in [-0.25, -0.2) is 9.44 Å². The van der Waals surface area contributed by atoms with Crippen molar-refractivity contribution in [3.63, 3.8) is 0 Å². The summed E-state index contributed by atoms with van der Waals surface area (Å²) >= 11 is -5.04. The standard InChI is InChI=1S/C2H7N2O7PS2/c5-12(10-1-3-13(6)7)11-2-4-14(8)9/h3-4H,1-2H2,(H-,6,7,8,9)/p-1. The zero-order chi connectivity index (χ0) is 11.0. The van der Waals surface area contributed by atoms with Crippen LogP contribution in [-0.4, -0.2) is 31.0 Å². The van der Waals surface area contributed by atoms with Crippen LogP contribution >= 0.6 is 8.25 Å². The molecule has 2 atom stereocenters. The first-order valence-electron chi connectivity index (χ1n) is 2.91. The third-order valence-corrected chi connectivity index (χ3v) is 2.08. The molecule has 0 fully saturated rings. The van der Waals surface area contributed by atoms with Crippen molar-refractivity contribution in [1.82, 2.24) is 9.44 Å². The van der Waals surface area contributed by atoms with Crippen molar-refractivity contribution in [2.45, 2.75) is 0 Å². The van der Waals surface area contributed by atoms with Crippen LogP contribution in [0.4, 0.5) is 0 Å². The monoisotopic (exact) mass is 265 g/mol. The normalized spacial score (nSPS) is 16.3. The van der Waals surface area contributed by atoms with Gasteiger partial charge in [-0.1, -0.05) is 0 Å². The predicted octanol–water partition coefficient (Wildman–Crippen LogP) is -1.64. The summed E-state index contributed by atoms with van der Waals surface area (Å²) in [5.41, 5.74) is 0. The van der Waals surface area contributed by atoms with Gasteiger partial charge < -0.3 is 9.11 Å². The summed E-state index contributed by atoms with van der Waals surface area (Å²) in [5, 5.41) is 0. The average molecular weight is 265 g/mol. The van der Waals surface area contributed by atoms with Crippen molar-refractivity contribution in [3.8, 4) is 0 Å². The summed E-state index contributed by atoms with van der Waals surface area (Å²) in [6.45, 7) is -1.04. The fourth-order valence-corrected chi connectivity index (χ4v) is 1.19. The van der Waals surface area contributed by atoms with Crippen molar-refractivity contribution in [2.75, 3.05) is 13.5 Å². The Hall–Kier alpha value is 0.160. The first kappa shape index (κ1) is 14.2. The lowest BCUT2D eigenvalue weighted by molar-refractivity contribution is 0.220. The van der Waals surface area contributed by atoms with E-state index in [1.807, 2.05) is 0 Å². The number of hydrogen-bond donors (Lipinski definition) is 2. The van der Waals surface area contributed by atoms with E-state index in [0.29, 0.717) is 0 Å². The van der Waals surface area contributed by atoms with Crippen LogP contribution in [0.3, 0.4) is 0 Å². The Morgan fingerprint density at radius 1 is 1.07 bits per heavy atom. The minimum atomic E-state index is -2.56. The highest BCUT2D eigenvalue weighted by molar-refractivity contribution is 7.77. The molecule has 0 aliphatic rings. The van der Waals surface area contributed by atoms with Crippen LogP contribution in [0.1, 0.15) is 0 Å². The van der Waals surface area contributed by atoms with Crippen LogP contribution in [0.25, 0.3) is 0 Å². The molecule has 0 bridgehead atoms. The minimum absolute atomic E-state index is 0.522. The van der Waals surface area contributed by atoms with Gasteiger partial charge >= 0.3 is 8.25 Å². The summed E-state index contributed by atoms with van der Waals surface area (Å²) in [7, 11) is -2.56. The molecule has 9 nitrogen and oxygen atoms in total. The largest absolute Gasteiger partial charge is 0.760 e. The Kier molecular flexibility index (Phi) is 8.56. The molecule has 0 heterocycles. The van der Waals surface area contributed by atoms with Gasteiger partial charge in [0.25, 0.3) is 0 Å². The Labute approximate surface area is 85.3 Å². The SMILES string of the molecule is O=[P+](OCNS(=O)[O-])OCNS(=O)[O-]. The Morgan fingerprint density at radius 2 is 1.43 bits per heavy atom. The van der Waals surface area contributed by atoms with Gasteiger partial charge in [0.05, 0.1) is 0 Å². The minimum Gasteiger partial charge on any atom is -0.760 e. The molecule has 0 amide bonds. The van der Waals surface area contributed by atoms with Gasteiger partial charge in [-0.2, -0.15) is 0 Å². The maximum Gasteiger partial charge on any atom is 0.700 e.